The molecule has 0 spiro atoms. The monoisotopic (exact) mass is 269 g/mol. The van der Waals surface area contributed by atoms with Gasteiger partial charge in [-0.25, -0.2) is 9.37 Å². The highest BCUT2D eigenvalue weighted by atomic mass is 19.1. The summed E-state index contributed by atoms with van der Waals surface area (Å²) in [5, 5.41) is 3.88. The number of halogens is 1. The second-order valence-electron chi connectivity index (χ2n) is 4.66. The van der Waals surface area contributed by atoms with Crippen LogP contribution < -0.4 is 0 Å². The first kappa shape index (κ1) is 12.5. The number of nitrogens with zero attached hydrogens (tertiary/aromatic N) is 3. The Labute approximate surface area is 115 Å². The quantitative estimate of drug-likeness (QED) is 0.713. The van der Waals surface area contributed by atoms with Gasteiger partial charge in [-0.3, -0.25) is 0 Å². The van der Waals surface area contributed by atoms with Gasteiger partial charge in [-0.15, -0.1) is 0 Å². The van der Waals surface area contributed by atoms with Crippen LogP contribution in [0.15, 0.2) is 41.1 Å². The molecule has 1 aromatic carbocycles. The number of pyridine rings is 1. The molecule has 0 atom stereocenters. The van der Waals surface area contributed by atoms with Gasteiger partial charge in [0.15, 0.2) is 0 Å². The Hall–Kier alpha value is -2.56. The van der Waals surface area contributed by atoms with E-state index in [9.17, 15) is 4.39 Å². The molecule has 0 fully saturated rings. The largest absolute Gasteiger partial charge is 0.334 e. The molecule has 0 N–H and O–H groups in total. The highest BCUT2D eigenvalue weighted by Crippen LogP contribution is 2.23. The maximum absolute atomic E-state index is 12.8. The van der Waals surface area contributed by atoms with Crippen LogP contribution in [0.3, 0.4) is 0 Å². The van der Waals surface area contributed by atoms with Crippen molar-refractivity contribution in [2.45, 2.75) is 13.8 Å². The van der Waals surface area contributed by atoms with Crippen LogP contribution in [0.25, 0.3) is 23.0 Å². The third-order valence-electron chi connectivity index (χ3n) is 2.85. The summed E-state index contributed by atoms with van der Waals surface area (Å²) in [6.45, 7) is 4.02. The summed E-state index contributed by atoms with van der Waals surface area (Å²) in [5.41, 5.74) is 3.59. The molecule has 0 aliphatic rings. The molecule has 4 nitrogen and oxygen atoms in total. The smallest absolute Gasteiger partial charge is 0.258 e. The molecule has 5 heteroatoms. The zero-order valence-corrected chi connectivity index (χ0v) is 11.1. The van der Waals surface area contributed by atoms with Crippen molar-refractivity contribution in [2.75, 3.05) is 0 Å². The molecule has 0 radical (unpaired) electrons. The highest BCUT2D eigenvalue weighted by Gasteiger charge is 2.12. The van der Waals surface area contributed by atoms with Crippen LogP contribution in [-0.4, -0.2) is 15.1 Å². The van der Waals surface area contributed by atoms with Gasteiger partial charge >= 0.3 is 0 Å². The average Bonchev–Trinajstić information content (AvgIpc) is 2.88. The van der Waals surface area contributed by atoms with Crippen molar-refractivity contribution in [1.82, 2.24) is 15.1 Å². The van der Waals surface area contributed by atoms with Gasteiger partial charge in [0.2, 0.25) is 5.82 Å². The number of hydrogen-bond acceptors (Lipinski definition) is 4. The second kappa shape index (κ2) is 4.85. The van der Waals surface area contributed by atoms with E-state index in [1.807, 2.05) is 26.0 Å². The molecule has 20 heavy (non-hydrogen) atoms. The fourth-order valence-electron chi connectivity index (χ4n) is 2.05. The Morgan fingerprint density at radius 3 is 2.45 bits per heavy atom. The fraction of sp³-hybridized carbons (Fsp3) is 0.133. The normalized spacial score (nSPS) is 10.8. The van der Waals surface area contributed by atoms with Gasteiger partial charge in [0.1, 0.15) is 11.5 Å². The van der Waals surface area contributed by atoms with E-state index < -0.39 is 5.82 Å². The topological polar surface area (TPSA) is 51.8 Å². The highest BCUT2D eigenvalue weighted by molar-refractivity contribution is 5.59. The van der Waals surface area contributed by atoms with Crippen molar-refractivity contribution in [3.63, 3.8) is 0 Å². The maximum Gasteiger partial charge on any atom is 0.258 e. The molecule has 0 amide bonds. The summed E-state index contributed by atoms with van der Waals surface area (Å²) in [7, 11) is 0. The van der Waals surface area contributed by atoms with E-state index in [4.69, 9.17) is 4.52 Å². The van der Waals surface area contributed by atoms with E-state index in [-0.39, 0.29) is 0 Å². The minimum Gasteiger partial charge on any atom is -0.334 e. The minimum absolute atomic E-state index is 0.346. The standard InChI is InChI=1S/C15H12FN3O/c1-9-5-10(2)7-11(6-9)15-18-14(19-20-15)13-4-3-12(16)8-17-13/h3-8H,1-2H3. The molecule has 0 aliphatic heterocycles. The molecular formula is C15H12FN3O. The summed E-state index contributed by atoms with van der Waals surface area (Å²) in [4.78, 5) is 8.23. The number of benzene rings is 1. The van der Waals surface area contributed by atoms with Gasteiger partial charge in [0.05, 0.1) is 6.20 Å². The lowest BCUT2D eigenvalue weighted by atomic mass is 10.1. The van der Waals surface area contributed by atoms with E-state index in [0.717, 1.165) is 22.9 Å². The Morgan fingerprint density at radius 1 is 1.05 bits per heavy atom. The predicted octanol–water partition coefficient (Wildman–Crippen LogP) is 3.55. The van der Waals surface area contributed by atoms with Crippen molar-refractivity contribution >= 4 is 0 Å². The van der Waals surface area contributed by atoms with E-state index >= 15 is 0 Å². The summed E-state index contributed by atoms with van der Waals surface area (Å²) >= 11 is 0. The van der Waals surface area contributed by atoms with E-state index in [1.54, 1.807) is 0 Å². The molecule has 2 aromatic heterocycles. The van der Waals surface area contributed by atoms with E-state index in [2.05, 4.69) is 21.2 Å². The van der Waals surface area contributed by atoms with Crippen molar-refractivity contribution in [1.29, 1.82) is 0 Å². The molecule has 0 saturated heterocycles. The number of aromatic nitrogens is 3. The molecule has 0 unspecified atom stereocenters. The number of rotatable bonds is 2. The Balaban J connectivity index is 1.99. The number of hydrogen-bond donors (Lipinski definition) is 0. The van der Waals surface area contributed by atoms with Crippen LogP contribution in [0.1, 0.15) is 11.1 Å². The van der Waals surface area contributed by atoms with Gasteiger partial charge in [-0.1, -0.05) is 22.3 Å². The Morgan fingerprint density at radius 2 is 1.80 bits per heavy atom. The first-order valence-corrected chi connectivity index (χ1v) is 6.16. The minimum atomic E-state index is -0.397. The lowest BCUT2D eigenvalue weighted by molar-refractivity contribution is 0.432. The van der Waals surface area contributed by atoms with Gasteiger partial charge < -0.3 is 4.52 Å². The SMILES string of the molecule is Cc1cc(C)cc(-c2nc(-c3ccc(F)cn3)no2)c1. The maximum atomic E-state index is 12.8. The third-order valence-corrected chi connectivity index (χ3v) is 2.85. The molecule has 3 aromatic rings. The van der Waals surface area contributed by atoms with Gasteiger partial charge in [0.25, 0.3) is 5.89 Å². The molecule has 100 valence electrons. The summed E-state index contributed by atoms with van der Waals surface area (Å²) < 4.78 is 18.1. The van der Waals surface area contributed by atoms with Crippen LogP contribution in [0, 0.1) is 19.7 Å². The average molecular weight is 269 g/mol. The van der Waals surface area contributed by atoms with Gasteiger partial charge in [0, 0.05) is 5.56 Å². The lowest BCUT2D eigenvalue weighted by Gasteiger charge is -1.99. The van der Waals surface area contributed by atoms with Crippen LogP contribution in [0.5, 0.6) is 0 Å². The number of aryl methyl sites for hydroxylation is 2. The van der Waals surface area contributed by atoms with Crippen molar-refractivity contribution in [3.05, 3.63) is 53.5 Å². The first-order chi connectivity index (χ1) is 9.61. The summed E-state index contributed by atoms with van der Waals surface area (Å²) in [5.74, 6) is 0.379. The fourth-order valence-corrected chi connectivity index (χ4v) is 2.05. The van der Waals surface area contributed by atoms with Gasteiger partial charge in [-0.2, -0.15) is 4.98 Å². The molecule has 3 rings (SSSR count). The zero-order chi connectivity index (χ0) is 14.1. The zero-order valence-electron chi connectivity index (χ0n) is 11.1. The molecule has 0 aliphatic carbocycles. The second-order valence-corrected chi connectivity index (χ2v) is 4.66. The summed E-state index contributed by atoms with van der Waals surface area (Å²) in [6.07, 6.45) is 1.13. The van der Waals surface area contributed by atoms with Crippen LogP contribution >= 0.6 is 0 Å². The molecular weight excluding hydrogens is 257 g/mol. The predicted molar refractivity (Wildman–Crippen MR) is 72.4 cm³/mol. The van der Waals surface area contributed by atoms with Crippen molar-refractivity contribution in [3.8, 4) is 23.0 Å². The molecule has 2 heterocycles. The molecule has 0 saturated carbocycles. The summed E-state index contributed by atoms with van der Waals surface area (Å²) in [6, 6.07) is 8.85. The Bertz CT molecular complexity index is 730. The van der Waals surface area contributed by atoms with Crippen molar-refractivity contribution < 1.29 is 8.91 Å². The first-order valence-electron chi connectivity index (χ1n) is 6.16. The van der Waals surface area contributed by atoms with E-state index in [0.29, 0.717) is 17.4 Å². The molecule has 0 bridgehead atoms. The Kier molecular flexibility index (Phi) is 3.02. The van der Waals surface area contributed by atoms with E-state index in [1.165, 1.54) is 12.1 Å². The van der Waals surface area contributed by atoms with Crippen LogP contribution in [0.4, 0.5) is 4.39 Å². The van der Waals surface area contributed by atoms with Crippen molar-refractivity contribution in [2.24, 2.45) is 0 Å². The lowest BCUT2D eigenvalue weighted by Crippen LogP contribution is -1.87. The third kappa shape index (κ3) is 2.42. The van der Waals surface area contributed by atoms with Crippen LogP contribution in [0.2, 0.25) is 0 Å². The van der Waals surface area contributed by atoms with Gasteiger partial charge in [-0.05, 0) is 38.1 Å². The van der Waals surface area contributed by atoms with Crippen LogP contribution in [-0.2, 0) is 0 Å².